The maximum Gasteiger partial charge on any atom is 0.240 e. The molecule has 2 amide bonds. The van der Waals surface area contributed by atoms with E-state index in [1.165, 1.54) is 12.8 Å². The third kappa shape index (κ3) is 4.14. The van der Waals surface area contributed by atoms with Crippen molar-refractivity contribution in [3.8, 4) is 0 Å². The van der Waals surface area contributed by atoms with Crippen LogP contribution < -0.4 is 11.1 Å². The van der Waals surface area contributed by atoms with Gasteiger partial charge in [0.25, 0.3) is 0 Å². The predicted octanol–water partition coefficient (Wildman–Crippen LogP) is 0.274. The third-order valence-corrected chi connectivity index (χ3v) is 3.56. The van der Waals surface area contributed by atoms with Gasteiger partial charge in [0.15, 0.2) is 0 Å². The van der Waals surface area contributed by atoms with Crippen molar-refractivity contribution >= 4 is 24.2 Å². The molecule has 1 unspecified atom stereocenters. The molecule has 6 heteroatoms. The zero-order chi connectivity index (χ0) is 12.3. The summed E-state index contributed by atoms with van der Waals surface area (Å²) in [6.07, 6.45) is 5.21. The highest BCUT2D eigenvalue weighted by Crippen LogP contribution is 2.27. The minimum Gasteiger partial charge on any atom is -0.368 e. The molecule has 0 aromatic carbocycles. The van der Waals surface area contributed by atoms with Gasteiger partial charge < -0.3 is 16.0 Å². The number of carbonyl (C=O) groups excluding carboxylic acids is 2. The Morgan fingerprint density at radius 3 is 2.56 bits per heavy atom. The third-order valence-electron chi connectivity index (χ3n) is 3.56. The number of amides is 2. The van der Waals surface area contributed by atoms with Gasteiger partial charge in [-0.1, -0.05) is 0 Å². The molecule has 3 N–H and O–H groups in total. The number of nitrogens with two attached hydrogens (primary N) is 1. The van der Waals surface area contributed by atoms with E-state index in [0.29, 0.717) is 19.5 Å². The van der Waals surface area contributed by atoms with E-state index in [4.69, 9.17) is 5.73 Å². The molecule has 2 aliphatic rings. The average molecular weight is 276 g/mol. The van der Waals surface area contributed by atoms with Crippen LogP contribution in [-0.4, -0.2) is 42.4 Å². The molecule has 0 aromatic heterocycles. The Balaban J connectivity index is 0.00000162. The smallest absolute Gasteiger partial charge is 0.240 e. The molecule has 1 atom stereocenters. The second kappa shape index (κ2) is 6.95. The second-order valence-electron chi connectivity index (χ2n) is 5.08. The lowest BCUT2D eigenvalue weighted by atomic mass is 10.0. The first kappa shape index (κ1) is 15.2. The van der Waals surface area contributed by atoms with Gasteiger partial charge in [-0.05, 0) is 44.6 Å². The molecule has 0 spiro atoms. The monoisotopic (exact) mass is 275 g/mol. The molecule has 1 aliphatic heterocycles. The highest BCUT2D eigenvalue weighted by Gasteiger charge is 2.30. The molecule has 18 heavy (non-hydrogen) atoms. The van der Waals surface area contributed by atoms with E-state index in [-0.39, 0.29) is 30.3 Å². The van der Waals surface area contributed by atoms with Gasteiger partial charge in [0.05, 0.1) is 6.54 Å². The van der Waals surface area contributed by atoms with Gasteiger partial charge in [0, 0.05) is 6.54 Å². The van der Waals surface area contributed by atoms with Gasteiger partial charge >= 0.3 is 0 Å². The van der Waals surface area contributed by atoms with Crippen molar-refractivity contribution in [2.24, 2.45) is 11.7 Å². The molecule has 2 rings (SSSR count). The molecule has 1 saturated carbocycles. The molecule has 1 heterocycles. The maximum atomic E-state index is 12.0. The number of piperidine rings is 1. The van der Waals surface area contributed by atoms with Crippen molar-refractivity contribution in [2.75, 3.05) is 19.6 Å². The Bertz CT molecular complexity index is 308. The minimum absolute atomic E-state index is 0. The zero-order valence-electron chi connectivity index (χ0n) is 10.6. The van der Waals surface area contributed by atoms with E-state index >= 15 is 0 Å². The van der Waals surface area contributed by atoms with Crippen LogP contribution in [0.3, 0.4) is 0 Å². The van der Waals surface area contributed by atoms with Gasteiger partial charge in [-0.3, -0.25) is 9.59 Å². The fourth-order valence-electron chi connectivity index (χ4n) is 2.33. The highest BCUT2D eigenvalue weighted by atomic mass is 35.5. The summed E-state index contributed by atoms with van der Waals surface area (Å²) >= 11 is 0. The molecule has 104 valence electrons. The van der Waals surface area contributed by atoms with Gasteiger partial charge in [0.1, 0.15) is 6.04 Å². The average Bonchev–Trinajstić information content (AvgIpc) is 3.13. The number of nitrogens with one attached hydrogen (secondary N) is 1. The van der Waals surface area contributed by atoms with Crippen LogP contribution in [0, 0.1) is 5.92 Å². The standard InChI is InChI=1S/C12H21N3O2.ClH/c13-12(17)10-3-1-2-6-15(10)11(16)8-14-7-9-4-5-9;/h9-10,14H,1-8H2,(H2,13,17);1H. The Hall–Kier alpha value is -0.810. The topological polar surface area (TPSA) is 75.4 Å². The predicted molar refractivity (Wildman–Crippen MR) is 71.4 cm³/mol. The summed E-state index contributed by atoms with van der Waals surface area (Å²) in [5.41, 5.74) is 5.33. The Morgan fingerprint density at radius 1 is 1.22 bits per heavy atom. The molecule has 5 nitrogen and oxygen atoms in total. The molecular weight excluding hydrogens is 254 g/mol. The molecule has 1 aliphatic carbocycles. The summed E-state index contributed by atoms with van der Waals surface area (Å²) in [6.45, 7) is 1.92. The minimum atomic E-state index is -0.390. The molecule has 1 saturated heterocycles. The molecule has 0 aromatic rings. The number of hydrogen-bond donors (Lipinski definition) is 2. The SMILES string of the molecule is Cl.NC(=O)C1CCCCN1C(=O)CNCC1CC1. The van der Waals surface area contributed by atoms with Crippen molar-refractivity contribution in [3.05, 3.63) is 0 Å². The summed E-state index contributed by atoms with van der Waals surface area (Å²) in [5, 5.41) is 3.16. The summed E-state index contributed by atoms with van der Waals surface area (Å²) in [7, 11) is 0. The van der Waals surface area contributed by atoms with Crippen LogP contribution >= 0.6 is 12.4 Å². The number of carbonyl (C=O) groups is 2. The van der Waals surface area contributed by atoms with Crippen LogP contribution in [0.1, 0.15) is 32.1 Å². The van der Waals surface area contributed by atoms with Crippen LogP contribution in [0.25, 0.3) is 0 Å². The first-order valence-electron chi connectivity index (χ1n) is 6.48. The van der Waals surface area contributed by atoms with Crippen molar-refractivity contribution in [1.82, 2.24) is 10.2 Å². The number of hydrogen-bond acceptors (Lipinski definition) is 3. The van der Waals surface area contributed by atoms with E-state index in [1.807, 2.05) is 0 Å². The quantitative estimate of drug-likeness (QED) is 0.756. The van der Waals surface area contributed by atoms with Crippen LogP contribution in [0.5, 0.6) is 0 Å². The molecule has 0 bridgehead atoms. The first-order valence-corrected chi connectivity index (χ1v) is 6.48. The van der Waals surface area contributed by atoms with E-state index in [0.717, 1.165) is 25.3 Å². The van der Waals surface area contributed by atoms with Gasteiger partial charge in [0.2, 0.25) is 11.8 Å². The van der Waals surface area contributed by atoms with E-state index in [2.05, 4.69) is 5.32 Å². The Labute approximate surface area is 114 Å². The Kier molecular flexibility index (Phi) is 5.88. The van der Waals surface area contributed by atoms with Gasteiger partial charge in [-0.15, -0.1) is 12.4 Å². The Morgan fingerprint density at radius 2 is 1.94 bits per heavy atom. The number of nitrogens with zero attached hydrogens (tertiary/aromatic N) is 1. The summed E-state index contributed by atoms with van der Waals surface area (Å²) in [4.78, 5) is 24.9. The lowest BCUT2D eigenvalue weighted by Gasteiger charge is -2.33. The van der Waals surface area contributed by atoms with Gasteiger partial charge in [-0.25, -0.2) is 0 Å². The zero-order valence-corrected chi connectivity index (χ0v) is 11.4. The van der Waals surface area contributed by atoms with Crippen molar-refractivity contribution in [3.63, 3.8) is 0 Å². The van der Waals surface area contributed by atoms with Crippen LogP contribution in [0.2, 0.25) is 0 Å². The van der Waals surface area contributed by atoms with Crippen LogP contribution in [-0.2, 0) is 9.59 Å². The number of primary amides is 1. The lowest BCUT2D eigenvalue weighted by molar-refractivity contribution is -0.140. The van der Waals surface area contributed by atoms with Crippen molar-refractivity contribution in [1.29, 1.82) is 0 Å². The van der Waals surface area contributed by atoms with Crippen molar-refractivity contribution < 1.29 is 9.59 Å². The largest absolute Gasteiger partial charge is 0.368 e. The molecule has 2 fully saturated rings. The molecular formula is C12H22ClN3O2. The van der Waals surface area contributed by atoms with Crippen LogP contribution in [0.4, 0.5) is 0 Å². The number of halogens is 1. The normalized spacial score (nSPS) is 23.3. The lowest BCUT2D eigenvalue weighted by Crippen LogP contribution is -2.52. The highest BCUT2D eigenvalue weighted by molar-refractivity contribution is 5.87. The second-order valence-corrected chi connectivity index (χ2v) is 5.08. The number of rotatable bonds is 5. The summed E-state index contributed by atoms with van der Waals surface area (Å²) in [5.74, 6) is 0.394. The fraction of sp³-hybridized carbons (Fsp3) is 0.833. The summed E-state index contributed by atoms with van der Waals surface area (Å²) < 4.78 is 0. The first-order chi connectivity index (χ1) is 8.18. The fourth-order valence-corrected chi connectivity index (χ4v) is 2.33. The number of likely N-dealkylation sites (tertiary alicyclic amines) is 1. The van der Waals surface area contributed by atoms with E-state index < -0.39 is 0 Å². The maximum absolute atomic E-state index is 12.0. The van der Waals surface area contributed by atoms with E-state index in [1.54, 1.807) is 4.90 Å². The van der Waals surface area contributed by atoms with E-state index in [9.17, 15) is 9.59 Å². The summed E-state index contributed by atoms with van der Waals surface area (Å²) in [6, 6.07) is -0.390. The van der Waals surface area contributed by atoms with Gasteiger partial charge in [-0.2, -0.15) is 0 Å². The van der Waals surface area contributed by atoms with Crippen LogP contribution in [0.15, 0.2) is 0 Å². The molecule has 0 radical (unpaired) electrons. The van der Waals surface area contributed by atoms with Crippen molar-refractivity contribution in [2.45, 2.75) is 38.1 Å².